The van der Waals surface area contributed by atoms with E-state index in [-0.39, 0.29) is 4.90 Å². The largest absolute Gasteiger partial charge is 0.496 e. The molecular weight excluding hydrogens is 288 g/mol. The number of sulfonamides is 1. The van der Waals surface area contributed by atoms with E-state index in [0.29, 0.717) is 5.52 Å². The van der Waals surface area contributed by atoms with E-state index >= 15 is 0 Å². The summed E-state index contributed by atoms with van der Waals surface area (Å²) in [6.45, 7) is 0. The van der Waals surface area contributed by atoms with Crippen LogP contribution >= 0.6 is 0 Å². The van der Waals surface area contributed by atoms with E-state index < -0.39 is 10.0 Å². The number of nitrogens with two attached hydrogens (primary N) is 1. The lowest BCUT2D eigenvalue weighted by atomic mass is 10.1. The van der Waals surface area contributed by atoms with Crippen LogP contribution in [0, 0.1) is 0 Å². The van der Waals surface area contributed by atoms with Gasteiger partial charge in [0.15, 0.2) is 0 Å². The van der Waals surface area contributed by atoms with Gasteiger partial charge in [0.25, 0.3) is 0 Å². The number of primary sulfonamides is 1. The average Bonchev–Trinajstić information content (AvgIpc) is 2.89. The monoisotopic (exact) mass is 302 g/mol. The topological polar surface area (TPSA) is 85.2 Å². The second-order valence-corrected chi connectivity index (χ2v) is 6.24. The van der Waals surface area contributed by atoms with Gasteiger partial charge in [0.2, 0.25) is 10.0 Å². The Hall–Kier alpha value is -2.31. The lowest BCUT2D eigenvalue weighted by molar-refractivity contribution is 0.416. The van der Waals surface area contributed by atoms with Gasteiger partial charge in [0, 0.05) is 16.5 Å². The Bertz CT molecular complexity index is 914. The minimum atomic E-state index is -3.71. The highest BCUT2D eigenvalue weighted by atomic mass is 32.2. The Kier molecular flexibility index (Phi) is 3.19. The molecule has 2 aromatic carbocycles. The number of ether oxygens (including phenoxy) is 1. The van der Waals surface area contributed by atoms with Crippen molar-refractivity contribution in [2.75, 3.05) is 7.11 Å². The molecule has 0 unspecified atom stereocenters. The van der Waals surface area contributed by atoms with Crippen LogP contribution in [0.4, 0.5) is 0 Å². The quantitative estimate of drug-likeness (QED) is 0.779. The zero-order chi connectivity index (χ0) is 15.0. The van der Waals surface area contributed by atoms with Crippen LogP contribution in [0.2, 0.25) is 0 Å². The molecule has 0 amide bonds. The Morgan fingerprint density at radius 2 is 1.86 bits per heavy atom. The summed E-state index contributed by atoms with van der Waals surface area (Å²) in [5.74, 6) is 0.746. The molecule has 3 aromatic rings. The van der Waals surface area contributed by atoms with E-state index in [2.05, 4.69) is 4.98 Å². The molecule has 0 radical (unpaired) electrons. The minimum absolute atomic E-state index is 0.0865. The maximum absolute atomic E-state index is 11.4. The van der Waals surface area contributed by atoms with Crippen LogP contribution in [0.15, 0.2) is 53.4 Å². The van der Waals surface area contributed by atoms with E-state index in [9.17, 15) is 8.42 Å². The molecule has 1 heterocycles. The molecule has 21 heavy (non-hydrogen) atoms. The molecule has 1 aromatic heterocycles. The molecule has 0 aliphatic carbocycles. The summed E-state index contributed by atoms with van der Waals surface area (Å²) in [5, 5.41) is 6.06. The highest BCUT2D eigenvalue weighted by Crippen LogP contribution is 2.31. The molecule has 0 saturated carbocycles. The van der Waals surface area contributed by atoms with Gasteiger partial charge in [-0.3, -0.25) is 0 Å². The van der Waals surface area contributed by atoms with Crippen LogP contribution in [-0.2, 0) is 10.0 Å². The molecule has 5 nitrogen and oxygen atoms in total. The zero-order valence-electron chi connectivity index (χ0n) is 11.3. The first kappa shape index (κ1) is 13.7. The van der Waals surface area contributed by atoms with E-state index in [4.69, 9.17) is 9.88 Å². The second kappa shape index (κ2) is 4.91. The van der Waals surface area contributed by atoms with Crippen LogP contribution in [0.25, 0.3) is 22.2 Å². The van der Waals surface area contributed by atoms with Crippen molar-refractivity contribution in [3.05, 3.63) is 48.5 Å². The summed E-state index contributed by atoms with van der Waals surface area (Å²) in [7, 11) is -2.10. The van der Waals surface area contributed by atoms with Gasteiger partial charge in [-0.15, -0.1) is 0 Å². The molecule has 3 rings (SSSR count). The molecule has 0 aliphatic heterocycles. The van der Waals surface area contributed by atoms with Gasteiger partial charge in [-0.1, -0.05) is 18.2 Å². The van der Waals surface area contributed by atoms with E-state index in [1.165, 1.54) is 12.1 Å². The number of benzene rings is 2. The van der Waals surface area contributed by atoms with Crippen molar-refractivity contribution in [2.24, 2.45) is 5.14 Å². The van der Waals surface area contributed by atoms with Gasteiger partial charge in [-0.2, -0.15) is 0 Å². The van der Waals surface area contributed by atoms with Crippen LogP contribution < -0.4 is 9.88 Å². The number of aromatic nitrogens is 1. The van der Waals surface area contributed by atoms with E-state index in [1.54, 1.807) is 13.2 Å². The summed E-state index contributed by atoms with van der Waals surface area (Å²) >= 11 is 0. The maximum atomic E-state index is 11.4. The fourth-order valence-corrected chi connectivity index (χ4v) is 2.84. The van der Waals surface area contributed by atoms with E-state index in [1.807, 2.05) is 30.3 Å². The summed E-state index contributed by atoms with van der Waals surface area (Å²) < 4.78 is 28.1. The predicted octanol–water partition coefficient (Wildman–Crippen LogP) is 2.49. The number of methoxy groups -OCH3 is 1. The minimum Gasteiger partial charge on any atom is -0.496 e. The highest BCUT2D eigenvalue weighted by molar-refractivity contribution is 7.89. The van der Waals surface area contributed by atoms with Crippen molar-refractivity contribution in [2.45, 2.75) is 4.90 Å². The van der Waals surface area contributed by atoms with E-state index in [0.717, 1.165) is 22.4 Å². The van der Waals surface area contributed by atoms with Crippen LogP contribution in [0.1, 0.15) is 0 Å². The van der Waals surface area contributed by atoms with Gasteiger partial charge in [-0.05, 0) is 30.3 Å². The van der Waals surface area contributed by atoms with Crippen molar-refractivity contribution < 1.29 is 13.2 Å². The molecule has 0 aliphatic rings. The normalized spacial score (nSPS) is 11.7. The van der Waals surface area contributed by atoms with Crippen molar-refractivity contribution in [1.29, 1.82) is 0 Å². The Labute approximate surface area is 122 Å². The zero-order valence-corrected chi connectivity index (χ0v) is 12.1. The van der Waals surface area contributed by atoms with Gasteiger partial charge >= 0.3 is 0 Å². The molecule has 6 heteroatoms. The number of aromatic amines is 1. The number of hydrogen-bond acceptors (Lipinski definition) is 3. The summed E-state index contributed by atoms with van der Waals surface area (Å²) in [6, 6.07) is 14.3. The van der Waals surface area contributed by atoms with Gasteiger partial charge in [0.05, 0.1) is 17.7 Å². The number of para-hydroxylation sites is 1. The number of fused-ring (bicyclic) bond motifs is 1. The Balaban J connectivity index is 2.18. The number of nitrogens with one attached hydrogen (secondary N) is 1. The first-order valence-corrected chi connectivity index (χ1v) is 7.82. The molecule has 0 atom stereocenters. The number of rotatable bonds is 3. The van der Waals surface area contributed by atoms with Crippen molar-refractivity contribution >= 4 is 20.9 Å². The summed E-state index contributed by atoms with van der Waals surface area (Å²) in [5.41, 5.74) is 2.48. The molecular formula is C15H14N2O3S. The smallest absolute Gasteiger partial charge is 0.238 e. The third-order valence-corrected chi connectivity index (χ3v) is 4.23. The molecule has 3 N–H and O–H groups in total. The highest BCUT2D eigenvalue weighted by Gasteiger charge is 2.12. The third kappa shape index (κ3) is 2.51. The molecule has 0 saturated heterocycles. The molecule has 0 bridgehead atoms. The van der Waals surface area contributed by atoms with Crippen molar-refractivity contribution in [1.82, 2.24) is 4.98 Å². The summed E-state index contributed by atoms with van der Waals surface area (Å²) in [6.07, 6.45) is 0. The first-order valence-electron chi connectivity index (χ1n) is 6.28. The second-order valence-electron chi connectivity index (χ2n) is 4.68. The SMILES string of the molecule is COc1ccccc1-c1cc2ccc(S(N)(=O)=O)cc2[nH]1. The third-order valence-electron chi connectivity index (χ3n) is 3.32. The lowest BCUT2D eigenvalue weighted by Gasteiger charge is -2.05. The first-order chi connectivity index (χ1) is 9.99. The number of H-pyrrole nitrogens is 1. The van der Waals surface area contributed by atoms with Crippen molar-refractivity contribution in [3.63, 3.8) is 0 Å². The standard InChI is InChI=1S/C15H14N2O3S/c1-20-15-5-3-2-4-12(15)14-8-10-6-7-11(21(16,18)19)9-13(10)17-14/h2-9,17H,1H3,(H2,16,18,19). The average molecular weight is 302 g/mol. The fraction of sp³-hybridized carbons (Fsp3) is 0.0667. The molecule has 108 valence electrons. The van der Waals surface area contributed by atoms with Gasteiger partial charge in [0.1, 0.15) is 5.75 Å². The lowest BCUT2D eigenvalue weighted by Crippen LogP contribution is -2.11. The summed E-state index contributed by atoms with van der Waals surface area (Å²) in [4.78, 5) is 3.29. The van der Waals surface area contributed by atoms with Gasteiger partial charge < -0.3 is 9.72 Å². The maximum Gasteiger partial charge on any atom is 0.238 e. The molecule has 0 spiro atoms. The van der Waals surface area contributed by atoms with Crippen LogP contribution in [0.5, 0.6) is 5.75 Å². The number of hydrogen-bond donors (Lipinski definition) is 2. The van der Waals surface area contributed by atoms with Crippen LogP contribution in [0.3, 0.4) is 0 Å². The van der Waals surface area contributed by atoms with Crippen molar-refractivity contribution in [3.8, 4) is 17.0 Å². The Morgan fingerprint density at radius 1 is 1.10 bits per heavy atom. The Morgan fingerprint density at radius 3 is 2.57 bits per heavy atom. The molecule has 0 fully saturated rings. The van der Waals surface area contributed by atoms with Gasteiger partial charge in [-0.25, -0.2) is 13.6 Å². The van der Waals surface area contributed by atoms with Crippen LogP contribution in [-0.4, -0.2) is 20.5 Å². The predicted molar refractivity (Wildman–Crippen MR) is 81.7 cm³/mol. The fourth-order valence-electron chi connectivity index (χ4n) is 2.30.